The number of anilines is 1. The third-order valence-electron chi connectivity index (χ3n) is 5.51. The first-order valence-corrected chi connectivity index (χ1v) is 11.3. The molecule has 2 N–H and O–H groups in total. The highest BCUT2D eigenvalue weighted by atomic mass is 32.1. The van der Waals surface area contributed by atoms with Crippen LogP contribution in [0.2, 0.25) is 0 Å². The second kappa shape index (κ2) is 8.70. The number of hydrogen-bond donors (Lipinski definition) is 2. The van der Waals surface area contributed by atoms with Crippen LogP contribution in [0.1, 0.15) is 18.4 Å². The van der Waals surface area contributed by atoms with E-state index in [4.69, 9.17) is 0 Å². The van der Waals surface area contributed by atoms with Crippen molar-refractivity contribution in [2.45, 2.75) is 25.4 Å². The number of aromatic nitrogens is 3. The van der Waals surface area contributed by atoms with Gasteiger partial charge in [-0.2, -0.15) is 0 Å². The number of carbonyl (C=O) groups is 1. The Labute approximate surface area is 191 Å². The van der Waals surface area contributed by atoms with E-state index in [0.717, 1.165) is 30.2 Å². The molecule has 33 heavy (non-hydrogen) atoms. The van der Waals surface area contributed by atoms with Gasteiger partial charge in [0.2, 0.25) is 5.91 Å². The minimum atomic E-state index is -0.765. The van der Waals surface area contributed by atoms with Gasteiger partial charge in [-0.05, 0) is 30.5 Å². The molecule has 5 rings (SSSR count). The van der Waals surface area contributed by atoms with Gasteiger partial charge in [0.1, 0.15) is 23.5 Å². The van der Waals surface area contributed by atoms with Crippen LogP contribution in [0.25, 0.3) is 21.7 Å². The lowest BCUT2D eigenvalue weighted by atomic mass is 10.2. The van der Waals surface area contributed by atoms with Crippen molar-refractivity contribution in [3.63, 3.8) is 0 Å². The van der Waals surface area contributed by atoms with Crippen LogP contribution >= 0.6 is 11.3 Å². The van der Waals surface area contributed by atoms with Crippen LogP contribution in [-0.2, 0) is 11.3 Å². The molecule has 10 heteroatoms. The molecule has 1 atom stereocenters. The minimum absolute atomic E-state index is 0.0553. The molecule has 0 spiro atoms. The maximum Gasteiger partial charge on any atom is 0.278 e. The van der Waals surface area contributed by atoms with E-state index < -0.39 is 23.2 Å². The molecule has 0 saturated carbocycles. The average Bonchev–Trinajstić information content (AvgIpc) is 3.45. The fraction of sp³-hybridized carbons (Fsp3) is 0.217. The summed E-state index contributed by atoms with van der Waals surface area (Å²) in [7, 11) is 0. The Morgan fingerprint density at radius 2 is 1.91 bits per heavy atom. The van der Waals surface area contributed by atoms with Gasteiger partial charge in [0, 0.05) is 24.7 Å². The first-order valence-electron chi connectivity index (χ1n) is 10.4. The van der Waals surface area contributed by atoms with Crippen LogP contribution in [0.3, 0.4) is 0 Å². The van der Waals surface area contributed by atoms with E-state index in [-0.39, 0.29) is 22.8 Å². The molecule has 1 aliphatic rings. The fourth-order valence-corrected chi connectivity index (χ4v) is 4.96. The molecular weight excluding hydrogens is 448 g/mol. The van der Waals surface area contributed by atoms with E-state index in [9.17, 15) is 18.4 Å². The standard InChI is InChI=1S/C23H19F2N5O2S/c24-15-9-14(10-16(25)11-15)19-28-21(32)18-22(29-19)33-23(27-18)30-8-4-7-17(30)20(31)26-12-13-5-2-1-3-6-13/h1-3,5-6,9-11,17H,4,7-8,12H2,(H,26,31)(H,28,29,32). The molecule has 2 aromatic heterocycles. The number of fused-ring (bicyclic) bond motifs is 1. The Hall–Kier alpha value is -3.66. The number of rotatable bonds is 5. The van der Waals surface area contributed by atoms with Gasteiger partial charge in [-0.1, -0.05) is 41.7 Å². The first-order chi connectivity index (χ1) is 16.0. The Kier molecular flexibility index (Phi) is 5.59. The maximum absolute atomic E-state index is 13.6. The lowest BCUT2D eigenvalue weighted by Gasteiger charge is -2.23. The van der Waals surface area contributed by atoms with Gasteiger partial charge in [0.15, 0.2) is 15.5 Å². The van der Waals surface area contributed by atoms with Crippen molar-refractivity contribution < 1.29 is 13.6 Å². The maximum atomic E-state index is 13.6. The molecule has 2 aromatic carbocycles. The van der Waals surface area contributed by atoms with Crippen molar-refractivity contribution in [3.8, 4) is 11.4 Å². The molecule has 1 saturated heterocycles. The van der Waals surface area contributed by atoms with E-state index in [0.29, 0.717) is 29.5 Å². The van der Waals surface area contributed by atoms with Crippen LogP contribution in [0.5, 0.6) is 0 Å². The number of H-pyrrole nitrogens is 1. The van der Waals surface area contributed by atoms with E-state index in [2.05, 4.69) is 20.3 Å². The molecule has 7 nitrogen and oxygen atoms in total. The molecule has 1 unspecified atom stereocenters. The number of benzene rings is 2. The van der Waals surface area contributed by atoms with Gasteiger partial charge in [0.25, 0.3) is 5.56 Å². The van der Waals surface area contributed by atoms with Crippen LogP contribution in [0, 0.1) is 11.6 Å². The van der Waals surface area contributed by atoms with E-state index in [1.165, 1.54) is 11.3 Å². The smallest absolute Gasteiger partial charge is 0.278 e. The number of nitrogens with zero attached hydrogens (tertiary/aromatic N) is 3. The van der Waals surface area contributed by atoms with Crippen molar-refractivity contribution >= 4 is 32.7 Å². The summed E-state index contributed by atoms with van der Waals surface area (Å²) >= 11 is 1.18. The molecule has 0 aliphatic carbocycles. The molecule has 1 aliphatic heterocycles. The quantitative estimate of drug-likeness (QED) is 0.468. The van der Waals surface area contributed by atoms with Crippen LogP contribution in [0.4, 0.5) is 13.9 Å². The number of nitrogens with one attached hydrogen (secondary N) is 2. The summed E-state index contributed by atoms with van der Waals surface area (Å²) in [6, 6.07) is 12.2. The first kappa shape index (κ1) is 21.2. The summed E-state index contributed by atoms with van der Waals surface area (Å²) in [5.74, 6) is -1.58. The molecular formula is C23H19F2N5O2S. The third-order valence-corrected chi connectivity index (χ3v) is 6.49. The van der Waals surface area contributed by atoms with Crippen molar-refractivity contribution in [2.24, 2.45) is 0 Å². The highest BCUT2D eigenvalue weighted by Gasteiger charge is 2.33. The van der Waals surface area contributed by atoms with Crippen LogP contribution in [-0.4, -0.2) is 33.4 Å². The van der Waals surface area contributed by atoms with Gasteiger partial charge in [-0.15, -0.1) is 0 Å². The van der Waals surface area contributed by atoms with Gasteiger partial charge >= 0.3 is 0 Å². The van der Waals surface area contributed by atoms with Gasteiger partial charge in [-0.3, -0.25) is 9.59 Å². The van der Waals surface area contributed by atoms with Gasteiger partial charge in [-0.25, -0.2) is 18.7 Å². The van der Waals surface area contributed by atoms with Crippen LogP contribution in [0.15, 0.2) is 53.3 Å². The summed E-state index contributed by atoms with van der Waals surface area (Å²) in [5, 5.41) is 3.49. The topological polar surface area (TPSA) is 91.0 Å². The number of thiazole rings is 1. The van der Waals surface area contributed by atoms with Crippen molar-refractivity contribution in [1.82, 2.24) is 20.3 Å². The molecule has 168 valence electrons. The zero-order valence-corrected chi connectivity index (χ0v) is 18.2. The molecule has 0 bridgehead atoms. The molecule has 3 heterocycles. The zero-order chi connectivity index (χ0) is 22.9. The predicted molar refractivity (Wildman–Crippen MR) is 122 cm³/mol. The minimum Gasteiger partial charge on any atom is -0.350 e. The Bertz CT molecular complexity index is 1370. The van der Waals surface area contributed by atoms with E-state index >= 15 is 0 Å². The predicted octanol–water partition coefficient (Wildman–Crippen LogP) is 3.61. The zero-order valence-electron chi connectivity index (χ0n) is 17.3. The summed E-state index contributed by atoms with van der Waals surface area (Å²) in [6.07, 6.45) is 1.49. The van der Waals surface area contributed by atoms with Crippen molar-refractivity contribution in [1.29, 1.82) is 0 Å². The molecule has 0 radical (unpaired) electrons. The number of aromatic amines is 1. The number of carbonyl (C=O) groups excluding carboxylic acids is 1. The highest BCUT2D eigenvalue weighted by molar-refractivity contribution is 7.21. The largest absolute Gasteiger partial charge is 0.350 e. The Morgan fingerprint density at radius 1 is 1.15 bits per heavy atom. The summed E-state index contributed by atoms with van der Waals surface area (Å²) in [6.45, 7) is 1.06. The van der Waals surface area contributed by atoms with Crippen molar-refractivity contribution in [2.75, 3.05) is 11.4 Å². The number of amides is 1. The molecule has 1 fully saturated rings. The Morgan fingerprint density at radius 3 is 2.67 bits per heavy atom. The van der Waals surface area contributed by atoms with Gasteiger partial charge < -0.3 is 15.2 Å². The lowest BCUT2D eigenvalue weighted by Crippen LogP contribution is -2.43. The second-order valence-electron chi connectivity index (χ2n) is 7.78. The lowest BCUT2D eigenvalue weighted by molar-refractivity contribution is -0.122. The van der Waals surface area contributed by atoms with E-state index in [1.807, 2.05) is 35.2 Å². The molecule has 4 aromatic rings. The summed E-state index contributed by atoms with van der Waals surface area (Å²) in [5.41, 5.74) is 0.755. The Balaban J connectivity index is 1.41. The molecule has 1 amide bonds. The normalized spacial score (nSPS) is 15.8. The highest BCUT2D eigenvalue weighted by Crippen LogP contribution is 2.32. The summed E-state index contributed by atoms with van der Waals surface area (Å²) < 4.78 is 27.2. The fourth-order valence-electron chi connectivity index (χ4n) is 3.94. The summed E-state index contributed by atoms with van der Waals surface area (Å²) in [4.78, 5) is 39.0. The van der Waals surface area contributed by atoms with Crippen molar-refractivity contribution in [3.05, 3.63) is 76.1 Å². The third kappa shape index (κ3) is 4.34. The number of hydrogen-bond acceptors (Lipinski definition) is 6. The second-order valence-corrected chi connectivity index (χ2v) is 8.73. The van der Waals surface area contributed by atoms with Crippen LogP contribution < -0.4 is 15.8 Å². The van der Waals surface area contributed by atoms with E-state index in [1.54, 1.807) is 0 Å². The average molecular weight is 468 g/mol. The monoisotopic (exact) mass is 467 g/mol. The van der Waals surface area contributed by atoms with Gasteiger partial charge in [0.05, 0.1) is 0 Å². The number of halogens is 2. The SMILES string of the molecule is O=C(NCc1ccccc1)C1CCCN1c1nc2c(=O)[nH]c(-c3cc(F)cc(F)c3)nc2s1.